The maximum atomic E-state index is 13.8. The third-order valence-corrected chi connectivity index (χ3v) is 7.44. The molecule has 0 aliphatic carbocycles. The van der Waals surface area contributed by atoms with E-state index < -0.39 is 28.4 Å². The zero-order chi connectivity index (χ0) is 25.9. The van der Waals surface area contributed by atoms with E-state index in [4.69, 9.17) is 14.2 Å². The van der Waals surface area contributed by atoms with Gasteiger partial charge in [0.25, 0.3) is 15.9 Å². The van der Waals surface area contributed by atoms with Crippen LogP contribution in [0.25, 0.3) is 10.9 Å². The SMILES string of the molecule is COC(=O)c1cn(C(=O)CN(c2ccccc2OC)S(=O)(=O)c2ccc(OC)cc2)c2ccccc12. The maximum Gasteiger partial charge on any atom is 0.340 e. The number of sulfonamides is 1. The largest absolute Gasteiger partial charge is 0.497 e. The third-order valence-electron chi connectivity index (χ3n) is 5.67. The summed E-state index contributed by atoms with van der Waals surface area (Å²) in [6.45, 7) is -0.561. The Balaban J connectivity index is 1.83. The van der Waals surface area contributed by atoms with Crippen LogP contribution < -0.4 is 13.8 Å². The molecule has 4 aromatic rings. The van der Waals surface area contributed by atoms with Gasteiger partial charge in [-0.25, -0.2) is 13.2 Å². The van der Waals surface area contributed by atoms with E-state index in [2.05, 4.69) is 0 Å². The van der Waals surface area contributed by atoms with E-state index in [1.807, 2.05) is 0 Å². The molecule has 0 radical (unpaired) electrons. The smallest absolute Gasteiger partial charge is 0.340 e. The van der Waals surface area contributed by atoms with Crippen molar-refractivity contribution < 1.29 is 32.2 Å². The molecule has 36 heavy (non-hydrogen) atoms. The van der Waals surface area contributed by atoms with Crippen LogP contribution in [0.4, 0.5) is 5.69 Å². The van der Waals surface area contributed by atoms with Gasteiger partial charge in [-0.3, -0.25) is 13.7 Å². The fraction of sp³-hybridized carbons (Fsp3) is 0.154. The van der Waals surface area contributed by atoms with Crippen LogP contribution in [0.5, 0.6) is 11.5 Å². The molecule has 0 aliphatic rings. The van der Waals surface area contributed by atoms with Crippen molar-refractivity contribution in [1.82, 2.24) is 4.57 Å². The Morgan fingerprint density at radius 3 is 2.19 bits per heavy atom. The maximum absolute atomic E-state index is 13.8. The number of carbonyl (C=O) groups excluding carboxylic acids is 2. The Kier molecular flexibility index (Phi) is 6.98. The van der Waals surface area contributed by atoms with E-state index in [9.17, 15) is 18.0 Å². The van der Waals surface area contributed by atoms with Crippen LogP contribution in [0.15, 0.2) is 83.9 Å². The van der Waals surface area contributed by atoms with E-state index in [1.165, 1.54) is 56.4 Å². The van der Waals surface area contributed by atoms with E-state index in [-0.39, 0.29) is 21.9 Å². The number of aromatic nitrogens is 1. The lowest BCUT2D eigenvalue weighted by molar-refractivity contribution is 0.0603. The second kappa shape index (κ2) is 10.1. The summed E-state index contributed by atoms with van der Waals surface area (Å²) in [7, 11) is -0.0621. The Morgan fingerprint density at radius 2 is 1.53 bits per heavy atom. The molecule has 0 spiro atoms. The van der Waals surface area contributed by atoms with Gasteiger partial charge < -0.3 is 14.2 Å². The van der Waals surface area contributed by atoms with Crippen LogP contribution in [-0.4, -0.2) is 52.7 Å². The van der Waals surface area contributed by atoms with Crippen molar-refractivity contribution in [1.29, 1.82) is 0 Å². The van der Waals surface area contributed by atoms with Gasteiger partial charge in [0.1, 0.15) is 18.0 Å². The highest BCUT2D eigenvalue weighted by molar-refractivity contribution is 7.92. The number of benzene rings is 3. The topological polar surface area (TPSA) is 104 Å². The number of anilines is 1. The first-order valence-corrected chi connectivity index (χ1v) is 12.3. The monoisotopic (exact) mass is 508 g/mol. The fourth-order valence-electron chi connectivity index (χ4n) is 3.87. The molecule has 0 saturated heterocycles. The molecule has 1 aromatic heterocycles. The van der Waals surface area contributed by atoms with Gasteiger partial charge in [-0.05, 0) is 42.5 Å². The molecule has 4 rings (SSSR count). The minimum absolute atomic E-state index is 0.0328. The number of esters is 1. The average Bonchev–Trinajstić information content (AvgIpc) is 3.31. The Hall–Kier alpha value is -4.31. The molecular formula is C26H24N2O7S. The minimum Gasteiger partial charge on any atom is -0.497 e. The molecular weight excluding hydrogens is 484 g/mol. The molecule has 0 fully saturated rings. The number of rotatable bonds is 8. The van der Waals surface area contributed by atoms with Gasteiger partial charge in [-0.1, -0.05) is 30.3 Å². The third kappa shape index (κ3) is 4.50. The molecule has 0 atom stereocenters. The van der Waals surface area contributed by atoms with Crippen LogP contribution >= 0.6 is 0 Å². The van der Waals surface area contributed by atoms with Crippen LogP contribution in [-0.2, 0) is 14.8 Å². The van der Waals surface area contributed by atoms with Gasteiger partial charge in [0.05, 0.1) is 43.0 Å². The zero-order valence-corrected chi connectivity index (χ0v) is 20.7. The average molecular weight is 509 g/mol. The lowest BCUT2D eigenvalue weighted by atomic mass is 10.2. The van der Waals surface area contributed by atoms with E-state index in [0.29, 0.717) is 16.7 Å². The molecule has 0 aliphatic heterocycles. The molecule has 0 saturated carbocycles. The van der Waals surface area contributed by atoms with Crippen molar-refractivity contribution in [3.05, 3.63) is 84.6 Å². The minimum atomic E-state index is -4.21. The van der Waals surface area contributed by atoms with Gasteiger partial charge in [-0.2, -0.15) is 0 Å². The molecule has 186 valence electrons. The number of para-hydroxylation sites is 3. The van der Waals surface area contributed by atoms with E-state index in [1.54, 1.807) is 48.5 Å². The van der Waals surface area contributed by atoms with Crippen molar-refractivity contribution in [3.8, 4) is 11.5 Å². The second-order valence-electron chi connectivity index (χ2n) is 7.67. The number of hydrogen-bond acceptors (Lipinski definition) is 7. The van der Waals surface area contributed by atoms with Gasteiger partial charge in [-0.15, -0.1) is 0 Å². The highest BCUT2D eigenvalue weighted by Crippen LogP contribution is 2.33. The highest BCUT2D eigenvalue weighted by Gasteiger charge is 2.31. The molecule has 0 unspecified atom stereocenters. The molecule has 0 bridgehead atoms. The normalized spacial score (nSPS) is 11.2. The van der Waals surface area contributed by atoms with Crippen LogP contribution in [0.3, 0.4) is 0 Å². The summed E-state index contributed by atoms with van der Waals surface area (Å²) in [6, 6.07) is 19.2. The van der Waals surface area contributed by atoms with E-state index in [0.717, 1.165) is 4.31 Å². The summed E-state index contributed by atoms with van der Waals surface area (Å²) in [5.41, 5.74) is 0.835. The Labute approximate surface area is 208 Å². The number of nitrogens with zero attached hydrogens (tertiary/aromatic N) is 2. The van der Waals surface area contributed by atoms with Gasteiger partial charge >= 0.3 is 5.97 Å². The van der Waals surface area contributed by atoms with Crippen LogP contribution in [0.1, 0.15) is 15.2 Å². The lowest BCUT2D eigenvalue weighted by Crippen LogP contribution is -2.37. The Bertz CT molecular complexity index is 1530. The quantitative estimate of drug-likeness (QED) is 0.332. The van der Waals surface area contributed by atoms with Crippen molar-refractivity contribution in [2.24, 2.45) is 0 Å². The van der Waals surface area contributed by atoms with Gasteiger partial charge in [0.15, 0.2) is 0 Å². The van der Waals surface area contributed by atoms with Gasteiger partial charge in [0, 0.05) is 11.6 Å². The number of fused-ring (bicyclic) bond motifs is 1. The Morgan fingerprint density at radius 1 is 0.861 bits per heavy atom. The summed E-state index contributed by atoms with van der Waals surface area (Å²) in [4.78, 5) is 25.9. The first-order valence-electron chi connectivity index (χ1n) is 10.8. The molecule has 3 aromatic carbocycles. The number of ether oxygens (including phenoxy) is 3. The first kappa shape index (κ1) is 24.8. The fourth-order valence-corrected chi connectivity index (χ4v) is 5.29. The number of carbonyl (C=O) groups is 2. The molecule has 10 heteroatoms. The van der Waals surface area contributed by atoms with E-state index >= 15 is 0 Å². The van der Waals surface area contributed by atoms with Gasteiger partial charge in [0.2, 0.25) is 0 Å². The summed E-state index contributed by atoms with van der Waals surface area (Å²) >= 11 is 0. The molecule has 1 heterocycles. The summed E-state index contributed by atoms with van der Waals surface area (Å²) in [6.07, 6.45) is 1.36. The zero-order valence-electron chi connectivity index (χ0n) is 19.9. The highest BCUT2D eigenvalue weighted by atomic mass is 32.2. The molecule has 9 nitrogen and oxygen atoms in total. The standard InChI is InChI=1S/C26H24N2O7S/c1-33-18-12-14-19(15-13-18)36(31,32)28(23-10-6-7-11-24(23)34-2)17-25(29)27-16-21(26(30)35-3)20-8-4-5-9-22(20)27/h4-16H,17H2,1-3H3. The lowest BCUT2D eigenvalue weighted by Gasteiger charge is -2.25. The van der Waals surface area contributed by atoms with Crippen molar-refractivity contribution in [2.75, 3.05) is 32.2 Å². The first-order chi connectivity index (χ1) is 17.3. The van der Waals surface area contributed by atoms with Crippen LogP contribution in [0.2, 0.25) is 0 Å². The predicted molar refractivity (Wildman–Crippen MR) is 134 cm³/mol. The molecule has 0 amide bonds. The summed E-state index contributed by atoms with van der Waals surface area (Å²) in [5.74, 6) is -0.424. The van der Waals surface area contributed by atoms with Crippen molar-refractivity contribution in [3.63, 3.8) is 0 Å². The molecule has 0 N–H and O–H groups in total. The van der Waals surface area contributed by atoms with Crippen molar-refractivity contribution in [2.45, 2.75) is 4.90 Å². The second-order valence-corrected chi connectivity index (χ2v) is 9.54. The predicted octanol–water partition coefficient (Wildman–Crippen LogP) is 3.98. The number of methoxy groups -OCH3 is 3. The van der Waals surface area contributed by atoms with Crippen LogP contribution in [0, 0.1) is 0 Å². The van der Waals surface area contributed by atoms with Crippen molar-refractivity contribution >= 4 is 38.5 Å². The number of hydrogen-bond donors (Lipinski definition) is 0. The summed E-state index contributed by atoms with van der Waals surface area (Å²) < 4.78 is 45.2. The summed E-state index contributed by atoms with van der Waals surface area (Å²) in [5, 5.41) is 0.513.